The minimum Gasteiger partial charge on any atom is -0.300 e. The van der Waals surface area contributed by atoms with Gasteiger partial charge in [0.1, 0.15) is 6.54 Å². The van der Waals surface area contributed by atoms with Crippen LogP contribution in [0.15, 0.2) is 46.7 Å². The van der Waals surface area contributed by atoms with Gasteiger partial charge in [-0.1, -0.05) is 18.2 Å². The number of benzene rings is 1. The monoisotopic (exact) mass is 302 g/mol. The summed E-state index contributed by atoms with van der Waals surface area (Å²) in [6.45, 7) is -0.217. The number of amides is 1. The molecule has 3 rings (SSSR count). The van der Waals surface area contributed by atoms with E-state index in [9.17, 15) is 9.59 Å². The molecule has 0 bridgehead atoms. The average Bonchev–Trinajstić information content (AvgIpc) is 3.11. The van der Waals surface area contributed by atoms with Crippen LogP contribution in [0.1, 0.15) is 0 Å². The molecule has 0 aliphatic carbocycles. The van der Waals surface area contributed by atoms with Crippen LogP contribution in [0.25, 0.3) is 5.69 Å². The molecule has 3 aromatic rings. The fourth-order valence-corrected chi connectivity index (χ4v) is 2.23. The zero-order valence-electron chi connectivity index (χ0n) is 10.7. The quantitative estimate of drug-likeness (QED) is 0.758. The van der Waals surface area contributed by atoms with Gasteiger partial charge in [-0.05, 0) is 22.6 Å². The number of thiazole rings is 1. The van der Waals surface area contributed by atoms with E-state index in [-0.39, 0.29) is 12.5 Å². The molecule has 1 N–H and O–H groups in total. The van der Waals surface area contributed by atoms with Crippen molar-refractivity contribution in [3.8, 4) is 5.69 Å². The Morgan fingerprint density at radius 2 is 2.05 bits per heavy atom. The molecule has 8 nitrogen and oxygen atoms in total. The van der Waals surface area contributed by atoms with E-state index in [1.165, 1.54) is 11.3 Å². The van der Waals surface area contributed by atoms with Crippen molar-refractivity contribution in [3.05, 3.63) is 52.4 Å². The molecule has 0 aliphatic heterocycles. The first-order chi connectivity index (χ1) is 10.2. The molecule has 21 heavy (non-hydrogen) atoms. The fourth-order valence-electron chi connectivity index (χ4n) is 1.68. The average molecular weight is 302 g/mol. The van der Waals surface area contributed by atoms with E-state index in [1.807, 2.05) is 6.07 Å². The number of carbonyl (C=O) groups is 1. The Kier molecular flexibility index (Phi) is 3.56. The fraction of sp³-hybridized carbons (Fsp3) is 0.0833. The second-order valence-electron chi connectivity index (χ2n) is 4.05. The van der Waals surface area contributed by atoms with Crippen LogP contribution < -0.4 is 11.0 Å². The molecule has 1 amide bonds. The van der Waals surface area contributed by atoms with Gasteiger partial charge in [-0.2, -0.15) is 9.36 Å². The van der Waals surface area contributed by atoms with Crippen molar-refractivity contribution in [1.29, 1.82) is 0 Å². The molecule has 0 fully saturated rings. The summed E-state index contributed by atoms with van der Waals surface area (Å²) in [6, 6.07) is 8.87. The Morgan fingerprint density at radius 3 is 2.76 bits per heavy atom. The Hall–Kier alpha value is -2.81. The zero-order chi connectivity index (χ0) is 14.7. The van der Waals surface area contributed by atoms with E-state index in [0.29, 0.717) is 10.8 Å². The molecule has 9 heteroatoms. The first-order valence-corrected chi connectivity index (χ1v) is 6.89. The van der Waals surface area contributed by atoms with Crippen LogP contribution in [0.5, 0.6) is 0 Å². The Bertz CT molecular complexity index is 793. The third-order valence-corrected chi connectivity index (χ3v) is 3.30. The number of anilines is 1. The van der Waals surface area contributed by atoms with Crippen LogP contribution in [0.3, 0.4) is 0 Å². The van der Waals surface area contributed by atoms with Crippen molar-refractivity contribution in [2.75, 3.05) is 5.32 Å². The zero-order valence-corrected chi connectivity index (χ0v) is 11.5. The van der Waals surface area contributed by atoms with E-state index >= 15 is 0 Å². The maximum Gasteiger partial charge on any atom is 0.368 e. The third kappa shape index (κ3) is 2.87. The lowest BCUT2D eigenvalue weighted by Crippen LogP contribution is -2.29. The molecular weight excluding hydrogens is 292 g/mol. The Labute approximate surface area is 122 Å². The van der Waals surface area contributed by atoms with Crippen LogP contribution in [0, 0.1) is 0 Å². The predicted octanol–water partition coefficient (Wildman–Crippen LogP) is 0.524. The van der Waals surface area contributed by atoms with Crippen molar-refractivity contribution in [3.63, 3.8) is 0 Å². The number of hydrogen-bond acceptors (Lipinski definition) is 6. The van der Waals surface area contributed by atoms with Crippen LogP contribution in [-0.4, -0.2) is 30.7 Å². The highest BCUT2D eigenvalue weighted by Gasteiger charge is 2.12. The van der Waals surface area contributed by atoms with Crippen LogP contribution in [-0.2, 0) is 11.3 Å². The second kappa shape index (κ2) is 5.67. The van der Waals surface area contributed by atoms with Crippen molar-refractivity contribution in [1.82, 2.24) is 24.8 Å². The van der Waals surface area contributed by atoms with Gasteiger partial charge in [-0.3, -0.25) is 4.79 Å². The maximum absolute atomic E-state index is 12.1. The molecular formula is C12H10N6O2S. The van der Waals surface area contributed by atoms with Gasteiger partial charge in [-0.25, -0.2) is 9.78 Å². The summed E-state index contributed by atoms with van der Waals surface area (Å²) < 4.78 is 2.13. The van der Waals surface area contributed by atoms with Crippen molar-refractivity contribution in [2.24, 2.45) is 0 Å². The van der Waals surface area contributed by atoms with Gasteiger partial charge in [0, 0.05) is 11.6 Å². The number of tetrazole rings is 1. The number of carbonyl (C=O) groups excluding carboxylic acids is 1. The molecule has 2 heterocycles. The Balaban J connectivity index is 1.77. The number of aromatic nitrogens is 5. The molecule has 0 atom stereocenters. The summed E-state index contributed by atoms with van der Waals surface area (Å²) in [7, 11) is 0. The van der Waals surface area contributed by atoms with E-state index in [0.717, 1.165) is 9.36 Å². The Morgan fingerprint density at radius 1 is 1.24 bits per heavy atom. The second-order valence-corrected chi connectivity index (χ2v) is 4.95. The first kappa shape index (κ1) is 13.2. The molecule has 0 saturated heterocycles. The van der Waals surface area contributed by atoms with Gasteiger partial charge >= 0.3 is 5.69 Å². The van der Waals surface area contributed by atoms with Crippen LogP contribution in [0.4, 0.5) is 5.13 Å². The topological polar surface area (TPSA) is 94.7 Å². The van der Waals surface area contributed by atoms with Gasteiger partial charge in [-0.15, -0.1) is 11.3 Å². The third-order valence-electron chi connectivity index (χ3n) is 2.61. The van der Waals surface area contributed by atoms with Gasteiger partial charge in [0.05, 0.1) is 5.69 Å². The largest absolute Gasteiger partial charge is 0.368 e. The summed E-state index contributed by atoms with van der Waals surface area (Å²) >= 11 is 1.30. The molecule has 0 aliphatic rings. The lowest BCUT2D eigenvalue weighted by Gasteiger charge is -2.00. The number of nitrogens with zero attached hydrogens (tertiary/aromatic N) is 5. The molecule has 2 aromatic heterocycles. The molecule has 1 aromatic carbocycles. The van der Waals surface area contributed by atoms with E-state index < -0.39 is 5.69 Å². The summed E-state index contributed by atoms with van der Waals surface area (Å²) in [5, 5.41) is 12.3. The SMILES string of the molecule is O=C(Cn1nnn(-c2ccccc2)c1=O)Nc1nccs1. The number of para-hydroxylation sites is 1. The molecule has 0 unspecified atom stereocenters. The number of nitrogens with one attached hydrogen (secondary N) is 1. The number of hydrogen-bond donors (Lipinski definition) is 1. The first-order valence-electron chi connectivity index (χ1n) is 6.01. The molecule has 106 valence electrons. The predicted molar refractivity (Wildman–Crippen MR) is 76.4 cm³/mol. The summed E-state index contributed by atoms with van der Waals surface area (Å²) in [5.41, 5.74) is 0.115. The lowest BCUT2D eigenvalue weighted by atomic mass is 10.3. The minimum absolute atomic E-state index is 0.217. The van der Waals surface area contributed by atoms with Crippen molar-refractivity contribution < 1.29 is 4.79 Å². The van der Waals surface area contributed by atoms with Gasteiger partial charge in [0.25, 0.3) is 0 Å². The van der Waals surface area contributed by atoms with Crippen LogP contribution >= 0.6 is 11.3 Å². The summed E-state index contributed by atoms with van der Waals surface area (Å²) in [6.07, 6.45) is 1.58. The molecule has 0 radical (unpaired) electrons. The summed E-state index contributed by atoms with van der Waals surface area (Å²) in [4.78, 5) is 27.8. The smallest absolute Gasteiger partial charge is 0.300 e. The van der Waals surface area contributed by atoms with Gasteiger partial charge < -0.3 is 5.32 Å². The van der Waals surface area contributed by atoms with Crippen molar-refractivity contribution in [2.45, 2.75) is 6.54 Å². The minimum atomic E-state index is -0.476. The van der Waals surface area contributed by atoms with Gasteiger partial charge in [0.2, 0.25) is 5.91 Å². The van der Waals surface area contributed by atoms with Gasteiger partial charge in [0.15, 0.2) is 5.13 Å². The lowest BCUT2D eigenvalue weighted by molar-refractivity contribution is -0.117. The van der Waals surface area contributed by atoms with Crippen LogP contribution in [0.2, 0.25) is 0 Å². The highest BCUT2D eigenvalue weighted by Crippen LogP contribution is 2.09. The highest BCUT2D eigenvalue weighted by atomic mass is 32.1. The van der Waals surface area contributed by atoms with E-state index in [1.54, 1.807) is 35.8 Å². The van der Waals surface area contributed by atoms with E-state index in [4.69, 9.17) is 0 Å². The number of rotatable bonds is 4. The highest BCUT2D eigenvalue weighted by molar-refractivity contribution is 7.13. The molecule has 0 spiro atoms. The van der Waals surface area contributed by atoms with Crippen molar-refractivity contribution >= 4 is 22.4 Å². The maximum atomic E-state index is 12.1. The summed E-state index contributed by atoms with van der Waals surface area (Å²) in [5.74, 6) is -0.382. The standard InChI is InChI=1S/C12H10N6O2S/c19-10(14-11-13-6-7-21-11)8-17-12(20)18(16-15-17)9-4-2-1-3-5-9/h1-7H,8H2,(H,13,14,19). The molecule has 0 saturated carbocycles. The van der Waals surface area contributed by atoms with E-state index in [2.05, 4.69) is 20.7 Å². The normalized spacial score (nSPS) is 10.5.